The maximum absolute atomic E-state index is 12.2. The summed E-state index contributed by atoms with van der Waals surface area (Å²) in [7, 11) is 0. The summed E-state index contributed by atoms with van der Waals surface area (Å²) in [6.07, 6.45) is 2.95. The van der Waals surface area contributed by atoms with E-state index in [4.69, 9.17) is 9.52 Å². The number of likely N-dealkylation sites (tertiary alicyclic amines) is 1. The zero-order valence-electron chi connectivity index (χ0n) is 13.2. The lowest BCUT2D eigenvalue weighted by Gasteiger charge is -2.16. The highest BCUT2D eigenvalue weighted by atomic mass is 16.4. The lowest BCUT2D eigenvalue weighted by Crippen LogP contribution is -2.37. The molecule has 0 saturated carbocycles. The Kier molecular flexibility index (Phi) is 5.78. The molecule has 126 valence electrons. The Hall–Kier alpha value is -2.31. The van der Waals surface area contributed by atoms with Gasteiger partial charge in [-0.25, -0.2) is 0 Å². The third-order valence-electron chi connectivity index (χ3n) is 4.02. The minimum absolute atomic E-state index is 0.0927. The van der Waals surface area contributed by atoms with E-state index in [1.54, 1.807) is 23.3 Å². The topological polar surface area (TPSA) is 99.9 Å². The van der Waals surface area contributed by atoms with E-state index >= 15 is 0 Å². The molecule has 0 spiro atoms. The number of hydrogen-bond acceptors (Lipinski definition) is 4. The number of aliphatic carboxylic acids is 1. The average molecular weight is 322 g/mol. The Morgan fingerprint density at radius 2 is 2.30 bits per heavy atom. The van der Waals surface area contributed by atoms with Crippen LogP contribution in [0.2, 0.25) is 0 Å². The largest absolute Gasteiger partial charge is 0.481 e. The predicted octanol–water partition coefficient (Wildman–Crippen LogP) is 1.25. The second kappa shape index (κ2) is 7.80. The van der Waals surface area contributed by atoms with Gasteiger partial charge in [-0.15, -0.1) is 0 Å². The Morgan fingerprint density at radius 1 is 1.52 bits per heavy atom. The minimum atomic E-state index is -0.908. The maximum Gasteiger partial charge on any atom is 0.308 e. The first-order valence-electron chi connectivity index (χ1n) is 7.82. The SMILES string of the molecule is CCCC(CNC(=O)C1CC(=O)N(Cc2ccco2)C1)C(=O)O. The summed E-state index contributed by atoms with van der Waals surface area (Å²) in [6.45, 7) is 2.69. The highest BCUT2D eigenvalue weighted by Gasteiger charge is 2.34. The van der Waals surface area contributed by atoms with Gasteiger partial charge in [-0.1, -0.05) is 13.3 Å². The molecule has 0 aromatic carbocycles. The standard InChI is InChI=1S/C16H22N2O5/c1-2-4-11(16(21)22)8-17-15(20)12-7-14(19)18(9-12)10-13-5-3-6-23-13/h3,5-6,11-12H,2,4,7-10H2,1H3,(H,17,20)(H,21,22). The van der Waals surface area contributed by atoms with Gasteiger partial charge in [0, 0.05) is 19.5 Å². The Morgan fingerprint density at radius 3 is 2.91 bits per heavy atom. The molecule has 2 rings (SSSR count). The number of carbonyl (C=O) groups is 3. The fourth-order valence-corrected chi connectivity index (χ4v) is 2.72. The van der Waals surface area contributed by atoms with E-state index < -0.39 is 17.8 Å². The van der Waals surface area contributed by atoms with Crippen molar-refractivity contribution < 1.29 is 23.9 Å². The molecular weight excluding hydrogens is 300 g/mol. The molecule has 1 fully saturated rings. The van der Waals surface area contributed by atoms with E-state index in [2.05, 4.69) is 5.32 Å². The van der Waals surface area contributed by atoms with Crippen LogP contribution in [-0.2, 0) is 20.9 Å². The van der Waals surface area contributed by atoms with Crippen molar-refractivity contribution >= 4 is 17.8 Å². The van der Waals surface area contributed by atoms with Gasteiger partial charge in [-0.3, -0.25) is 14.4 Å². The molecule has 2 N–H and O–H groups in total. The zero-order valence-corrected chi connectivity index (χ0v) is 13.2. The van der Waals surface area contributed by atoms with Crippen molar-refractivity contribution in [2.24, 2.45) is 11.8 Å². The molecule has 1 aliphatic heterocycles. The molecule has 1 saturated heterocycles. The second-order valence-corrected chi connectivity index (χ2v) is 5.82. The third-order valence-corrected chi connectivity index (χ3v) is 4.02. The quantitative estimate of drug-likeness (QED) is 0.750. The van der Waals surface area contributed by atoms with Gasteiger partial charge in [0.25, 0.3) is 0 Å². The first-order valence-corrected chi connectivity index (χ1v) is 7.82. The van der Waals surface area contributed by atoms with Crippen LogP contribution in [0.3, 0.4) is 0 Å². The van der Waals surface area contributed by atoms with Gasteiger partial charge < -0.3 is 19.7 Å². The Labute approximate surface area is 134 Å². The summed E-state index contributed by atoms with van der Waals surface area (Å²) in [5, 5.41) is 11.8. The summed E-state index contributed by atoms with van der Waals surface area (Å²) < 4.78 is 5.21. The van der Waals surface area contributed by atoms with Crippen LogP contribution in [0, 0.1) is 11.8 Å². The summed E-state index contributed by atoms with van der Waals surface area (Å²) in [5.41, 5.74) is 0. The number of rotatable bonds is 8. The first-order chi connectivity index (χ1) is 11.0. The van der Waals surface area contributed by atoms with Crippen molar-refractivity contribution in [3.05, 3.63) is 24.2 Å². The van der Waals surface area contributed by atoms with Crippen molar-refractivity contribution in [1.82, 2.24) is 10.2 Å². The third kappa shape index (κ3) is 4.58. The Bertz CT molecular complexity index is 555. The molecule has 7 nitrogen and oxygen atoms in total. The van der Waals surface area contributed by atoms with E-state index in [0.29, 0.717) is 25.3 Å². The summed E-state index contributed by atoms with van der Waals surface area (Å²) in [6, 6.07) is 3.53. The molecule has 1 aromatic heterocycles. The molecule has 0 bridgehead atoms. The normalized spacial score (nSPS) is 18.9. The highest BCUT2D eigenvalue weighted by molar-refractivity contribution is 5.89. The monoisotopic (exact) mass is 322 g/mol. The van der Waals surface area contributed by atoms with Crippen LogP contribution in [0.5, 0.6) is 0 Å². The van der Waals surface area contributed by atoms with Gasteiger partial charge in [0.1, 0.15) is 5.76 Å². The Balaban J connectivity index is 1.83. The molecule has 1 aromatic rings. The summed E-state index contributed by atoms with van der Waals surface area (Å²) in [4.78, 5) is 36.8. The maximum atomic E-state index is 12.2. The molecule has 2 heterocycles. The molecular formula is C16H22N2O5. The number of carboxylic acids is 1. The lowest BCUT2D eigenvalue weighted by atomic mass is 10.0. The van der Waals surface area contributed by atoms with Gasteiger partial charge >= 0.3 is 5.97 Å². The molecule has 2 amide bonds. The van der Waals surface area contributed by atoms with E-state index in [1.807, 2.05) is 6.92 Å². The van der Waals surface area contributed by atoms with Crippen LogP contribution < -0.4 is 5.32 Å². The van der Waals surface area contributed by atoms with Gasteiger partial charge in [-0.2, -0.15) is 0 Å². The van der Waals surface area contributed by atoms with Crippen LogP contribution in [0.25, 0.3) is 0 Å². The van der Waals surface area contributed by atoms with E-state index in [1.165, 1.54) is 0 Å². The van der Waals surface area contributed by atoms with Crippen molar-refractivity contribution in [3.63, 3.8) is 0 Å². The zero-order chi connectivity index (χ0) is 16.8. The predicted molar refractivity (Wildman–Crippen MR) is 81.3 cm³/mol. The number of nitrogens with one attached hydrogen (secondary N) is 1. The molecule has 2 atom stereocenters. The minimum Gasteiger partial charge on any atom is -0.481 e. The number of amides is 2. The average Bonchev–Trinajstić information content (AvgIpc) is 3.14. The van der Waals surface area contributed by atoms with Crippen molar-refractivity contribution in [1.29, 1.82) is 0 Å². The fraction of sp³-hybridized carbons (Fsp3) is 0.562. The highest BCUT2D eigenvalue weighted by Crippen LogP contribution is 2.20. The van der Waals surface area contributed by atoms with Crippen LogP contribution in [-0.4, -0.2) is 40.9 Å². The summed E-state index contributed by atoms with van der Waals surface area (Å²) >= 11 is 0. The van der Waals surface area contributed by atoms with Gasteiger partial charge in [0.05, 0.1) is 24.6 Å². The van der Waals surface area contributed by atoms with E-state index in [-0.39, 0.29) is 24.8 Å². The van der Waals surface area contributed by atoms with Crippen LogP contribution in [0.1, 0.15) is 31.9 Å². The van der Waals surface area contributed by atoms with Crippen molar-refractivity contribution in [2.75, 3.05) is 13.1 Å². The summed E-state index contributed by atoms with van der Waals surface area (Å²) in [5.74, 6) is -1.61. The molecule has 7 heteroatoms. The molecule has 23 heavy (non-hydrogen) atoms. The molecule has 1 aliphatic rings. The van der Waals surface area contributed by atoms with Crippen LogP contribution in [0.4, 0.5) is 0 Å². The van der Waals surface area contributed by atoms with E-state index in [0.717, 1.165) is 6.42 Å². The smallest absolute Gasteiger partial charge is 0.308 e. The molecule has 0 aliphatic carbocycles. The number of furan rings is 1. The number of carboxylic acid groups (broad SMARTS) is 1. The van der Waals surface area contributed by atoms with Gasteiger partial charge in [-0.05, 0) is 18.6 Å². The molecule has 2 unspecified atom stereocenters. The van der Waals surface area contributed by atoms with Crippen LogP contribution in [0.15, 0.2) is 22.8 Å². The van der Waals surface area contributed by atoms with Gasteiger partial charge in [0.15, 0.2) is 0 Å². The van der Waals surface area contributed by atoms with Crippen molar-refractivity contribution in [2.45, 2.75) is 32.7 Å². The number of carbonyl (C=O) groups excluding carboxylic acids is 2. The molecule has 0 radical (unpaired) electrons. The van der Waals surface area contributed by atoms with Crippen molar-refractivity contribution in [3.8, 4) is 0 Å². The van der Waals surface area contributed by atoms with Gasteiger partial charge in [0.2, 0.25) is 11.8 Å². The lowest BCUT2D eigenvalue weighted by molar-refractivity contribution is -0.142. The number of hydrogen-bond donors (Lipinski definition) is 2. The second-order valence-electron chi connectivity index (χ2n) is 5.82. The number of nitrogens with zero attached hydrogens (tertiary/aromatic N) is 1. The van der Waals surface area contributed by atoms with Crippen LogP contribution >= 0.6 is 0 Å². The van der Waals surface area contributed by atoms with E-state index in [9.17, 15) is 14.4 Å². The fourth-order valence-electron chi connectivity index (χ4n) is 2.72. The first kappa shape index (κ1) is 17.1.